The highest BCUT2D eigenvalue weighted by Crippen LogP contribution is 2.17. The second-order valence-electron chi connectivity index (χ2n) is 7.01. The zero-order chi connectivity index (χ0) is 19.5. The molecule has 28 heavy (non-hydrogen) atoms. The smallest absolute Gasteiger partial charge is 0.245 e. The minimum atomic E-state index is -0.513. The molecular weight excluding hydrogens is 357 g/mol. The SMILES string of the molecule is O=C(Cc1cnc2ccccc2c1)NC1CCN(Cc2ccc(F)cc2)C1=O. The summed E-state index contributed by atoms with van der Waals surface area (Å²) in [6, 6.07) is 15.3. The third-order valence-electron chi connectivity index (χ3n) is 4.93. The summed E-state index contributed by atoms with van der Waals surface area (Å²) in [5.41, 5.74) is 2.56. The molecule has 5 nitrogen and oxygen atoms in total. The van der Waals surface area contributed by atoms with Crippen LogP contribution in [0.1, 0.15) is 17.5 Å². The van der Waals surface area contributed by atoms with Crippen molar-refractivity contribution in [2.24, 2.45) is 0 Å². The van der Waals surface area contributed by atoms with E-state index in [2.05, 4.69) is 10.3 Å². The van der Waals surface area contributed by atoms with Crippen LogP contribution in [0.15, 0.2) is 60.8 Å². The van der Waals surface area contributed by atoms with Gasteiger partial charge in [-0.15, -0.1) is 0 Å². The molecule has 2 heterocycles. The number of para-hydroxylation sites is 1. The van der Waals surface area contributed by atoms with Gasteiger partial charge in [0.1, 0.15) is 11.9 Å². The molecule has 1 fully saturated rings. The van der Waals surface area contributed by atoms with Gasteiger partial charge in [0.15, 0.2) is 0 Å². The van der Waals surface area contributed by atoms with Crippen LogP contribution in [0.2, 0.25) is 0 Å². The lowest BCUT2D eigenvalue weighted by Crippen LogP contribution is -2.41. The van der Waals surface area contributed by atoms with Crippen LogP contribution in [0.25, 0.3) is 10.9 Å². The number of aromatic nitrogens is 1. The fourth-order valence-corrected chi connectivity index (χ4v) is 3.48. The minimum Gasteiger partial charge on any atom is -0.344 e. The molecule has 0 bridgehead atoms. The van der Waals surface area contributed by atoms with Crippen LogP contribution in [0.4, 0.5) is 4.39 Å². The van der Waals surface area contributed by atoms with Gasteiger partial charge in [-0.3, -0.25) is 14.6 Å². The molecule has 0 saturated carbocycles. The third-order valence-corrected chi connectivity index (χ3v) is 4.93. The Morgan fingerprint density at radius 1 is 1.14 bits per heavy atom. The number of likely N-dealkylation sites (tertiary alicyclic amines) is 1. The number of carbonyl (C=O) groups excluding carboxylic acids is 2. The Kier molecular flexibility index (Phi) is 5.02. The van der Waals surface area contributed by atoms with Gasteiger partial charge in [0, 0.05) is 24.7 Å². The number of nitrogens with one attached hydrogen (secondary N) is 1. The number of hydrogen-bond acceptors (Lipinski definition) is 3. The average molecular weight is 377 g/mol. The van der Waals surface area contributed by atoms with Crippen molar-refractivity contribution < 1.29 is 14.0 Å². The third kappa shape index (κ3) is 4.01. The van der Waals surface area contributed by atoms with Crippen molar-refractivity contribution in [3.8, 4) is 0 Å². The van der Waals surface area contributed by atoms with Gasteiger partial charge in [-0.25, -0.2) is 4.39 Å². The number of benzene rings is 2. The number of amides is 2. The highest BCUT2D eigenvalue weighted by molar-refractivity contribution is 5.90. The van der Waals surface area contributed by atoms with Gasteiger partial charge in [0.05, 0.1) is 11.9 Å². The Labute approximate surface area is 162 Å². The van der Waals surface area contributed by atoms with Crippen molar-refractivity contribution in [3.63, 3.8) is 0 Å². The first-order valence-electron chi connectivity index (χ1n) is 9.25. The lowest BCUT2D eigenvalue weighted by molar-refractivity contribution is -0.132. The number of nitrogens with zero attached hydrogens (tertiary/aromatic N) is 2. The van der Waals surface area contributed by atoms with Crippen molar-refractivity contribution in [3.05, 3.63) is 77.7 Å². The molecule has 142 valence electrons. The fourth-order valence-electron chi connectivity index (χ4n) is 3.48. The van der Waals surface area contributed by atoms with Crippen molar-refractivity contribution in [2.45, 2.75) is 25.4 Å². The van der Waals surface area contributed by atoms with Crippen molar-refractivity contribution in [1.82, 2.24) is 15.2 Å². The maximum Gasteiger partial charge on any atom is 0.245 e. The summed E-state index contributed by atoms with van der Waals surface area (Å²) in [5.74, 6) is -0.599. The van der Waals surface area contributed by atoms with E-state index in [9.17, 15) is 14.0 Å². The normalized spacial score (nSPS) is 16.5. The average Bonchev–Trinajstić information content (AvgIpc) is 3.03. The lowest BCUT2D eigenvalue weighted by Gasteiger charge is -2.17. The van der Waals surface area contributed by atoms with Gasteiger partial charge in [0.25, 0.3) is 0 Å². The molecule has 1 atom stereocenters. The first-order chi connectivity index (χ1) is 13.6. The molecule has 0 spiro atoms. The van der Waals surface area contributed by atoms with Crippen LogP contribution in [-0.2, 0) is 22.6 Å². The van der Waals surface area contributed by atoms with E-state index in [0.717, 1.165) is 22.0 Å². The summed E-state index contributed by atoms with van der Waals surface area (Å²) in [7, 11) is 0. The van der Waals surface area contributed by atoms with E-state index in [1.54, 1.807) is 23.2 Å². The molecule has 1 aromatic heterocycles. The number of fused-ring (bicyclic) bond motifs is 1. The summed E-state index contributed by atoms with van der Waals surface area (Å²) in [6.45, 7) is 0.985. The van der Waals surface area contributed by atoms with Crippen molar-refractivity contribution >= 4 is 22.7 Å². The maximum atomic E-state index is 13.0. The summed E-state index contributed by atoms with van der Waals surface area (Å²) in [4.78, 5) is 31.0. The number of pyridine rings is 1. The fraction of sp³-hybridized carbons (Fsp3) is 0.227. The van der Waals surface area contributed by atoms with Gasteiger partial charge in [-0.2, -0.15) is 0 Å². The Morgan fingerprint density at radius 2 is 1.93 bits per heavy atom. The molecule has 3 aromatic rings. The van der Waals surface area contributed by atoms with Crippen LogP contribution in [0.5, 0.6) is 0 Å². The second-order valence-corrected chi connectivity index (χ2v) is 7.01. The zero-order valence-electron chi connectivity index (χ0n) is 15.3. The van der Waals surface area contributed by atoms with Gasteiger partial charge < -0.3 is 10.2 Å². The summed E-state index contributed by atoms with van der Waals surface area (Å²) in [5, 5.41) is 3.81. The van der Waals surface area contributed by atoms with E-state index in [4.69, 9.17) is 0 Å². The molecule has 0 radical (unpaired) electrons. The van der Waals surface area contributed by atoms with E-state index in [1.807, 2.05) is 30.3 Å². The Hall–Kier alpha value is -3.28. The number of carbonyl (C=O) groups is 2. The van der Waals surface area contributed by atoms with E-state index in [-0.39, 0.29) is 24.1 Å². The van der Waals surface area contributed by atoms with Gasteiger partial charge >= 0.3 is 0 Å². The topological polar surface area (TPSA) is 62.3 Å². The first-order valence-corrected chi connectivity index (χ1v) is 9.25. The molecule has 2 amide bonds. The van der Waals surface area contributed by atoms with Crippen molar-refractivity contribution in [2.75, 3.05) is 6.54 Å². The molecule has 0 aliphatic carbocycles. The van der Waals surface area contributed by atoms with Gasteiger partial charge in [0.2, 0.25) is 11.8 Å². The second kappa shape index (κ2) is 7.76. The van der Waals surface area contributed by atoms with E-state index in [1.165, 1.54) is 12.1 Å². The largest absolute Gasteiger partial charge is 0.344 e. The molecule has 1 N–H and O–H groups in total. The molecule has 1 unspecified atom stereocenters. The molecule has 1 saturated heterocycles. The van der Waals surface area contributed by atoms with Crippen molar-refractivity contribution in [1.29, 1.82) is 0 Å². The minimum absolute atomic E-state index is 0.102. The lowest BCUT2D eigenvalue weighted by atomic mass is 10.1. The summed E-state index contributed by atoms with van der Waals surface area (Å²) >= 11 is 0. The quantitative estimate of drug-likeness (QED) is 0.744. The van der Waals surface area contributed by atoms with Crippen LogP contribution in [-0.4, -0.2) is 34.3 Å². The zero-order valence-corrected chi connectivity index (χ0v) is 15.3. The standard InChI is InChI=1S/C22H20FN3O2/c23-18-7-5-15(6-8-18)14-26-10-9-20(22(26)28)25-21(27)12-16-11-17-3-1-2-4-19(17)24-13-16/h1-8,11,13,20H,9-10,12,14H2,(H,25,27). The molecule has 2 aromatic carbocycles. The molecule has 6 heteroatoms. The van der Waals surface area contributed by atoms with E-state index in [0.29, 0.717) is 19.5 Å². The highest BCUT2D eigenvalue weighted by Gasteiger charge is 2.32. The monoisotopic (exact) mass is 377 g/mol. The number of halogens is 1. The predicted octanol–water partition coefficient (Wildman–Crippen LogP) is 2.83. The van der Waals surface area contributed by atoms with Gasteiger partial charge in [-0.1, -0.05) is 30.3 Å². The van der Waals surface area contributed by atoms with E-state index < -0.39 is 6.04 Å². The molecule has 4 rings (SSSR count). The summed E-state index contributed by atoms with van der Waals surface area (Å²) < 4.78 is 13.0. The van der Waals surface area contributed by atoms with E-state index >= 15 is 0 Å². The van der Waals surface area contributed by atoms with Crippen LogP contribution < -0.4 is 5.32 Å². The molecular formula is C22H20FN3O2. The molecule has 1 aliphatic rings. The Bertz CT molecular complexity index is 1020. The number of rotatable bonds is 5. The van der Waals surface area contributed by atoms with Crippen LogP contribution >= 0.6 is 0 Å². The van der Waals surface area contributed by atoms with Crippen LogP contribution in [0, 0.1) is 5.82 Å². The maximum absolute atomic E-state index is 13.0. The summed E-state index contributed by atoms with van der Waals surface area (Å²) in [6.07, 6.45) is 2.44. The molecule has 1 aliphatic heterocycles. The Morgan fingerprint density at radius 3 is 2.75 bits per heavy atom. The predicted molar refractivity (Wildman–Crippen MR) is 104 cm³/mol. The van der Waals surface area contributed by atoms with Crippen LogP contribution in [0.3, 0.4) is 0 Å². The highest BCUT2D eigenvalue weighted by atomic mass is 19.1. The number of hydrogen-bond donors (Lipinski definition) is 1. The van der Waals surface area contributed by atoms with Gasteiger partial charge in [-0.05, 0) is 41.8 Å². The Balaban J connectivity index is 1.35. The first kappa shape index (κ1) is 18.1.